The SMILES string of the molecule is CC(C)(C)NC(=O)[C@@H]1CNCCN1. The van der Waals surface area contributed by atoms with E-state index < -0.39 is 0 Å². The van der Waals surface area contributed by atoms with Crippen molar-refractivity contribution in [1.29, 1.82) is 0 Å². The predicted molar refractivity (Wildman–Crippen MR) is 52.6 cm³/mol. The maximum absolute atomic E-state index is 11.6. The van der Waals surface area contributed by atoms with Gasteiger partial charge in [0.2, 0.25) is 5.91 Å². The molecule has 1 amide bonds. The number of hydrogen-bond donors (Lipinski definition) is 3. The Labute approximate surface area is 79.5 Å². The average Bonchev–Trinajstić information content (AvgIpc) is 2.03. The van der Waals surface area contributed by atoms with Crippen LogP contribution >= 0.6 is 0 Å². The van der Waals surface area contributed by atoms with Crippen LogP contribution in [0.2, 0.25) is 0 Å². The lowest BCUT2D eigenvalue weighted by atomic mass is 10.1. The van der Waals surface area contributed by atoms with Crippen molar-refractivity contribution in [2.75, 3.05) is 19.6 Å². The molecule has 3 N–H and O–H groups in total. The molecule has 0 aromatic carbocycles. The Morgan fingerprint density at radius 1 is 1.38 bits per heavy atom. The second-order valence-electron chi connectivity index (χ2n) is 4.45. The normalized spacial score (nSPS) is 24.1. The number of piperazine rings is 1. The topological polar surface area (TPSA) is 53.2 Å². The van der Waals surface area contributed by atoms with Gasteiger partial charge < -0.3 is 16.0 Å². The zero-order valence-corrected chi connectivity index (χ0v) is 8.61. The molecule has 76 valence electrons. The fourth-order valence-corrected chi connectivity index (χ4v) is 1.30. The maximum Gasteiger partial charge on any atom is 0.238 e. The number of nitrogens with one attached hydrogen (secondary N) is 3. The van der Waals surface area contributed by atoms with Crippen LogP contribution in [-0.4, -0.2) is 37.1 Å². The Morgan fingerprint density at radius 2 is 2.08 bits per heavy atom. The van der Waals surface area contributed by atoms with Crippen molar-refractivity contribution in [1.82, 2.24) is 16.0 Å². The fraction of sp³-hybridized carbons (Fsp3) is 0.889. The summed E-state index contributed by atoms with van der Waals surface area (Å²) in [5, 5.41) is 9.29. The minimum atomic E-state index is -0.143. The summed E-state index contributed by atoms with van der Waals surface area (Å²) in [6.07, 6.45) is 0. The minimum absolute atomic E-state index is 0.0759. The van der Waals surface area contributed by atoms with Crippen molar-refractivity contribution in [3.05, 3.63) is 0 Å². The Kier molecular flexibility index (Phi) is 3.27. The summed E-state index contributed by atoms with van der Waals surface area (Å²) in [5.41, 5.74) is -0.143. The van der Waals surface area contributed by atoms with E-state index in [9.17, 15) is 4.79 Å². The molecule has 0 unspecified atom stereocenters. The molecule has 1 rings (SSSR count). The molecule has 13 heavy (non-hydrogen) atoms. The first kappa shape index (κ1) is 10.5. The van der Waals surface area contributed by atoms with Crippen LogP contribution in [0, 0.1) is 0 Å². The van der Waals surface area contributed by atoms with E-state index in [1.807, 2.05) is 20.8 Å². The molecule has 0 saturated carbocycles. The molecule has 0 aliphatic carbocycles. The summed E-state index contributed by atoms with van der Waals surface area (Å²) in [5.74, 6) is 0.0831. The zero-order valence-electron chi connectivity index (χ0n) is 8.61. The highest BCUT2D eigenvalue weighted by molar-refractivity contribution is 5.82. The lowest BCUT2D eigenvalue weighted by molar-refractivity contribution is -0.124. The number of hydrogen-bond acceptors (Lipinski definition) is 3. The molecule has 0 aromatic heterocycles. The summed E-state index contributed by atoms with van der Waals surface area (Å²) in [4.78, 5) is 11.6. The summed E-state index contributed by atoms with van der Waals surface area (Å²) >= 11 is 0. The highest BCUT2D eigenvalue weighted by Crippen LogP contribution is 1.99. The standard InChI is InChI=1S/C9H19N3O/c1-9(2,3)12-8(13)7-6-10-4-5-11-7/h7,10-11H,4-6H2,1-3H3,(H,12,13)/t7-/m0/s1. The number of amides is 1. The fourth-order valence-electron chi connectivity index (χ4n) is 1.30. The molecular formula is C9H19N3O. The van der Waals surface area contributed by atoms with Gasteiger partial charge in [0.25, 0.3) is 0 Å². The van der Waals surface area contributed by atoms with Crippen LogP contribution in [0.3, 0.4) is 0 Å². The van der Waals surface area contributed by atoms with E-state index in [1.165, 1.54) is 0 Å². The first-order valence-corrected chi connectivity index (χ1v) is 4.75. The Hall–Kier alpha value is -0.610. The van der Waals surface area contributed by atoms with E-state index >= 15 is 0 Å². The van der Waals surface area contributed by atoms with E-state index in [1.54, 1.807) is 0 Å². The van der Waals surface area contributed by atoms with Crippen molar-refractivity contribution in [3.63, 3.8) is 0 Å². The molecule has 4 nitrogen and oxygen atoms in total. The van der Waals surface area contributed by atoms with Crippen LogP contribution in [0.1, 0.15) is 20.8 Å². The van der Waals surface area contributed by atoms with Crippen LogP contribution in [-0.2, 0) is 4.79 Å². The van der Waals surface area contributed by atoms with E-state index in [-0.39, 0.29) is 17.5 Å². The Bertz CT molecular complexity index is 180. The molecule has 0 spiro atoms. The second kappa shape index (κ2) is 4.07. The molecule has 1 aliphatic heterocycles. The summed E-state index contributed by atoms with van der Waals surface area (Å²) in [7, 11) is 0. The molecule has 1 heterocycles. The van der Waals surface area contributed by atoms with Gasteiger partial charge in [0, 0.05) is 25.2 Å². The van der Waals surface area contributed by atoms with E-state index in [0.717, 1.165) is 19.6 Å². The van der Waals surface area contributed by atoms with Gasteiger partial charge in [0.15, 0.2) is 0 Å². The van der Waals surface area contributed by atoms with Gasteiger partial charge >= 0.3 is 0 Å². The highest BCUT2D eigenvalue weighted by Gasteiger charge is 2.23. The lowest BCUT2D eigenvalue weighted by Crippen LogP contribution is -2.58. The van der Waals surface area contributed by atoms with Gasteiger partial charge in [-0.25, -0.2) is 0 Å². The molecule has 1 saturated heterocycles. The third-order valence-corrected chi connectivity index (χ3v) is 1.86. The summed E-state index contributed by atoms with van der Waals surface area (Å²) < 4.78 is 0. The maximum atomic E-state index is 11.6. The first-order chi connectivity index (χ1) is 5.99. The van der Waals surface area contributed by atoms with Crippen molar-refractivity contribution < 1.29 is 4.79 Å². The number of rotatable bonds is 1. The predicted octanol–water partition coefficient (Wildman–Crippen LogP) is -0.537. The van der Waals surface area contributed by atoms with Gasteiger partial charge in [-0.3, -0.25) is 4.79 Å². The molecule has 0 bridgehead atoms. The molecule has 0 aromatic rings. The van der Waals surface area contributed by atoms with E-state index in [4.69, 9.17) is 0 Å². The monoisotopic (exact) mass is 185 g/mol. The molecule has 0 radical (unpaired) electrons. The van der Waals surface area contributed by atoms with Gasteiger partial charge in [-0.1, -0.05) is 0 Å². The molecule has 1 fully saturated rings. The quantitative estimate of drug-likeness (QED) is 0.514. The van der Waals surface area contributed by atoms with Crippen LogP contribution in [0.4, 0.5) is 0 Å². The highest BCUT2D eigenvalue weighted by atomic mass is 16.2. The molecule has 1 aliphatic rings. The largest absolute Gasteiger partial charge is 0.350 e. The van der Waals surface area contributed by atoms with Crippen LogP contribution in [0.15, 0.2) is 0 Å². The van der Waals surface area contributed by atoms with Crippen molar-refractivity contribution in [2.24, 2.45) is 0 Å². The smallest absolute Gasteiger partial charge is 0.238 e. The van der Waals surface area contributed by atoms with Gasteiger partial charge in [0.1, 0.15) is 0 Å². The Morgan fingerprint density at radius 3 is 2.54 bits per heavy atom. The van der Waals surface area contributed by atoms with Gasteiger partial charge in [-0.2, -0.15) is 0 Å². The minimum Gasteiger partial charge on any atom is -0.350 e. The van der Waals surface area contributed by atoms with Crippen molar-refractivity contribution >= 4 is 5.91 Å². The third-order valence-electron chi connectivity index (χ3n) is 1.86. The number of carbonyl (C=O) groups excluding carboxylic acids is 1. The van der Waals surface area contributed by atoms with Crippen LogP contribution < -0.4 is 16.0 Å². The van der Waals surface area contributed by atoms with Gasteiger partial charge in [-0.15, -0.1) is 0 Å². The zero-order chi connectivity index (χ0) is 9.90. The van der Waals surface area contributed by atoms with E-state index in [2.05, 4.69) is 16.0 Å². The average molecular weight is 185 g/mol. The van der Waals surface area contributed by atoms with Crippen molar-refractivity contribution in [3.8, 4) is 0 Å². The van der Waals surface area contributed by atoms with Gasteiger partial charge in [0.05, 0.1) is 6.04 Å². The van der Waals surface area contributed by atoms with Gasteiger partial charge in [-0.05, 0) is 20.8 Å². The second-order valence-corrected chi connectivity index (χ2v) is 4.45. The molecule has 4 heteroatoms. The summed E-state index contributed by atoms with van der Waals surface area (Å²) in [6.45, 7) is 8.49. The first-order valence-electron chi connectivity index (χ1n) is 4.75. The number of carbonyl (C=O) groups is 1. The molecular weight excluding hydrogens is 166 g/mol. The summed E-state index contributed by atoms with van der Waals surface area (Å²) in [6, 6.07) is -0.0759. The van der Waals surface area contributed by atoms with Crippen LogP contribution in [0.5, 0.6) is 0 Å². The third kappa shape index (κ3) is 3.74. The molecule has 1 atom stereocenters. The van der Waals surface area contributed by atoms with Crippen molar-refractivity contribution in [2.45, 2.75) is 32.4 Å². The Balaban J connectivity index is 2.38. The van der Waals surface area contributed by atoms with E-state index in [0.29, 0.717) is 0 Å². The lowest BCUT2D eigenvalue weighted by Gasteiger charge is -2.28. The van der Waals surface area contributed by atoms with Crippen LogP contribution in [0.25, 0.3) is 0 Å².